The molecule has 5 heteroatoms. The number of primary amides is 1. The maximum absolute atomic E-state index is 11.9. The predicted molar refractivity (Wildman–Crippen MR) is 98.7 cm³/mol. The fourth-order valence-electron chi connectivity index (χ4n) is 3.10. The second-order valence-corrected chi connectivity index (χ2v) is 6.94. The van der Waals surface area contributed by atoms with Crippen LogP contribution in [-0.4, -0.2) is 17.2 Å². The van der Waals surface area contributed by atoms with Gasteiger partial charge in [0.1, 0.15) is 10.8 Å². The van der Waals surface area contributed by atoms with Gasteiger partial charge in [0, 0.05) is 16.7 Å². The van der Waals surface area contributed by atoms with Crippen LogP contribution in [0.1, 0.15) is 44.8 Å². The summed E-state index contributed by atoms with van der Waals surface area (Å²) in [4.78, 5) is 17.6. The van der Waals surface area contributed by atoms with E-state index in [-0.39, 0.29) is 5.75 Å². The molecule has 0 saturated heterocycles. The number of phenolic OH excluding ortho intramolecular Hbond substituents is 1. The zero-order valence-electron chi connectivity index (χ0n) is 13.4. The monoisotopic (exact) mass is 340 g/mol. The molecule has 24 heavy (non-hydrogen) atoms. The van der Waals surface area contributed by atoms with E-state index in [9.17, 15) is 9.90 Å². The number of phenols is 1. The highest BCUT2D eigenvalue weighted by atomic mass is 32.1. The van der Waals surface area contributed by atoms with Crippen molar-refractivity contribution in [2.45, 2.75) is 32.1 Å². The molecule has 1 aliphatic rings. The fourth-order valence-corrected chi connectivity index (χ4v) is 4.34. The first-order chi connectivity index (χ1) is 11.6. The van der Waals surface area contributed by atoms with E-state index in [0.717, 1.165) is 36.8 Å². The van der Waals surface area contributed by atoms with Crippen molar-refractivity contribution in [2.24, 2.45) is 10.7 Å². The van der Waals surface area contributed by atoms with E-state index in [1.165, 1.54) is 16.2 Å². The molecule has 3 N–H and O–H groups in total. The topological polar surface area (TPSA) is 75.7 Å². The highest BCUT2D eigenvalue weighted by Gasteiger charge is 2.23. The van der Waals surface area contributed by atoms with Gasteiger partial charge in [-0.15, -0.1) is 17.9 Å². The molecule has 0 radical (unpaired) electrons. The molecule has 1 heterocycles. The Morgan fingerprint density at radius 1 is 1.38 bits per heavy atom. The Hall–Kier alpha value is -2.40. The predicted octanol–water partition coefficient (Wildman–Crippen LogP) is 3.91. The molecule has 2 aromatic rings. The number of thiophene rings is 1. The van der Waals surface area contributed by atoms with Crippen molar-refractivity contribution in [3.8, 4) is 5.75 Å². The van der Waals surface area contributed by atoms with Crippen LogP contribution in [0.25, 0.3) is 0 Å². The Kier molecular flexibility index (Phi) is 4.81. The fraction of sp³-hybridized carbons (Fsp3) is 0.263. The molecule has 124 valence electrons. The summed E-state index contributed by atoms with van der Waals surface area (Å²) in [6, 6.07) is 5.35. The molecule has 4 nitrogen and oxygen atoms in total. The number of nitrogens with two attached hydrogens (primary N) is 1. The van der Waals surface area contributed by atoms with Crippen molar-refractivity contribution in [1.82, 2.24) is 0 Å². The number of nitrogens with zero attached hydrogens (tertiary/aromatic N) is 1. The lowest BCUT2D eigenvalue weighted by atomic mass is 9.95. The van der Waals surface area contributed by atoms with Gasteiger partial charge in [-0.1, -0.05) is 18.2 Å². The van der Waals surface area contributed by atoms with Gasteiger partial charge in [0.25, 0.3) is 5.91 Å². The van der Waals surface area contributed by atoms with Gasteiger partial charge in [-0.3, -0.25) is 4.79 Å². The van der Waals surface area contributed by atoms with E-state index in [0.29, 0.717) is 22.5 Å². The number of carbonyl (C=O) groups is 1. The molecule has 1 amide bonds. The molecular formula is C19H20N2O2S. The first-order valence-electron chi connectivity index (χ1n) is 8.02. The number of aryl methyl sites for hydroxylation is 1. The van der Waals surface area contributed by atoms with Crippen molar-refractivity contribution in [3.63, 3.8) is 0 Å². The highest BCUT2D eigenvalue weighted by molar-refractivity contribution is 7.16. The molecular weight excluding hydrogens is 320 g/mol. The Morgan fingerprint density at radius 2 is 2.17 bits per heavy atom. The van der Waals surface area contributed by atoms with Crippen LogP contribution in [0.4, 0.5) is 5.00 Å². The van der Waals surface area contributed by atoms with E-state index in [1.54, 1.807) is 24.4 Å². The SMILES string of the molecule is C=CCc1cccc(O)c1/C=N/c1sc2c(c1C(N)=O)CCCC2. The smallest absolute Gasteiger partial charge is 0.252 e. The Labute approximate surface area is 145 Å². The molecule has 1 aromatic heterocycles. The van der Waals surface area contributed by atoms with Crippen LogP contribution in [0.3, 0.4) is 0 Å². The van der Waals surface area contributed by atoms with Crippen molar-refractivity contribution in [1.29, 1.82) is 0 Å². The van der Waals surface area contributed by atoms with Gasteiger partial charge >= 0.3 is 0 Å². The van der Waals surface area contributed by atoms with Gasteiger partial charge in [0.2, 0.25) is 0 Å². The lowest BCUT2D eigenvalue weighted by molar-refractivity contribution is 0.100. The molecule has 1 aromatic carbocycles. The molecule has 0 unspecified atom stereocenters. The number of carbonyl (C=O) groups excluding carboxylic acids is 1. The third kappa shape index (κ3) is 3.12. The van der Waals surface area contributed by atoms with Crippen LogP contribution in [0.5, 0.6) is 5.75 Å². The molecule has 0 fully saturated rings. The number of hydrogen-bond acceptors (Lipinski definition) is 4. The summed E-state index contributed by atoms with van der Waals surface area (Å²) in [5, 5.41) is 10.8. The number of aromatic hydroxyl groups is 1. The molecule has 0 aliphatic heterocycles. The quantitative estimate of drug-likeness (QED) is 0.639. The minimum atomic E-state index is -0.426. The Bertz CT molecular complexity index is 821. The molecule has 0 atom stereocenters. The second-order valence-electron chi connectivity index (χ2n) is 5.86. The largest absolute Gasteiger partial charge is 0.507 e. The Morgan fingerprint density at radius 3 is 2.92 bits per heavy atom. The summed E-state index contributed by atoms with van der Waals surface area (Å²) in [5.74, 6) is -0.259. The Balaban J connectivity index is 2.03. The van der Waals surface area contributed by atoms with Crippen molar-refractivity contribution in [3.05, 3.63) is 58.0 Å². The first kappa shape index (κ1) is 16.5. The summed E-state index contributed by atoms with van der Waals surface area (Å²) in [5.41, 5.74) is 8.80. The van der Waals surface area contributed by atoms with Gasteiger partial charge in [-0.25, -0.2) is 4.99 Å². The molecule has 0 bridgehead atoms. The number of allylic oxidation sites excluding steroid dienone is 1. The summed E-state index contributed by atoms with van der Waals surface area (Å²) in [6.45, 7) is 3.74. The molecule has 0 saturated carbocycles. The molecule has 3 rings (SSSR count). The average molecular weight is 340 g/mol. The third-order valence-electron chi connectivity index (χ3n) is 4.25. The van der Waals surface area contributed by atoms with E-state index in [1.807, 2.05) is 6.07 Å². The second kappa shape index (κ2) is 7.01. The van der Waals surface area contributed by atoms with Gasteiger partial charge in [0.15, 0.2) is 0 Å². The van der Waals surface area contributed by atoms with Crippen LogP contribution in [0, 0.1) is 0 Å². The van der Waals surface area contributed by atoms with Crippen LogP contribution in [-0.2, 0) is 19.3 Å². The summed E-state index contributed by atoms with van der Waals surface area (Å²) in [7, 11) is 0. The van der Waals surface area contributed by atoms with Crippen LogP contribution < -0.4 is 5.73 Å². The summed E-state index contributed by atoms with van der Waals surface area (Å²) in [6.07, 6.45) is 8.13. The first-order valence-corrected chi connectivity index (χ1v) is 8.83. The van der Waals surface area contributed by atoms with E-state index >= 15 is 0 Å². The van der Waals surface area contributed by atoms with Crippen molar-refractivity contribution >= 4 is 28.5 Å². The number of aliphatic imine (C=N–C) groups is 1. The van der Waals surface area contributed by atoms with Crippen LogP contribution >= 0.6 is 11.3 Å². The number of fused-ring (bicyclic) bond motifs is 1. The number of amides is 1. The van der Waals surface area contributed by atoms with E-state index in [2.05, 4.69) is 11.6 Å². The molecule has 1 aliphatic carbocycles. The maximum atomic E-state index is 11.9. The normalized spacial score (nSPS) is 13.8. The van der Waals surface area contributed by atoms with Crippen molar-refractivity contribution in [2.75, 3.05) is 0 Å². The maximum Gasteiger partial charge on any atom is 0.252 e. The number of benzene rings is 1. The summed E-state index contributed by atoms with van der Waals surface area (Å²) >= 11 is 1.53. The minimum absolute atomic E-state index is 0.167. The van der Waals surface area contributed by atoms with Gasteiger partial charge in [0.05, 0.1) is 5.56 Å². The van der Waals surface area contributed by atoms with Crippen molar-refractivity contribution < 1.29 is 9.90 Å². The van der Waals surface area contributed by atoms with Gasteiger partial charge < -0.3 is 10.8 Å². The lowest BCUT2D eigenvalue weighted by Crippen LogP contribution is -2.14. The zero-order chi connectivity index (χ0) is 17.1. The van der Waals surface area contributed by atoms with Crippen LogP contribution in [0.2, 0.25) is 0 Å². The van der Waals surface area contributed by atoms with E-state index < -0.39 is 5.91 Å². The van der Waals surface area contributed by atoms with Crippen LogP contribution in [0.15, 0.2) is 35.8 Å². The molecule has 0 spiro atoms. The standard InChI is InChI=1S/C19H20N2O2S/c1-2-6-12-7-5-9-15(22)14(12)11-21-19-17(18(20)23)13-8-3-4-10-16(13)24-19/h2,5,7,9,11,22H,1,3-4,6,8,10H2,(H2,20,23)/b21-11+. The highest BCUT2D eigenvalue weighted by Crippen LogP contribution is 2.39. The number of rotatable bonds is 5. The number of hydrogen-bond donors (Lipinski definition) is 2. The average Bonchev–Trinajstić information content (AvgIpc) is 2.93. The minimum Gasteiger partial charge on any atom is -0.507 e. The lowest BCUT2D eigenvalue weighted by Gasteiger charge is -2.10. The third-order valence-corrected chi connectivity index (χ3v) is 5.45. The van der Waals surface area contributed by atoms with Gasteiger partial charge in [-0.05, 0) is 49.3 Å². The van der Waals surface area contributed by atoms with E-state index in [4.69, 9.17) is 5.73 Å². The van der Waals surface area contributed by atoms with Gasteiger partial charge in [-0.2, -0.15) is 0 Å². The zero-order valence-corrected chi connectivity index (χ0v) is 14.2. The summed E-state index contributed by atoms with van der Waals surface area (Å²) < 4.78 is 0.